The van der Waals surface area contributed by atoms with Gasteiger partial charge in [0, 0.05) is 35.6 Å². The van der Waals surface area contributed by atoms with Crippen LogP contribution < -0.4 is 10.6 Å². The number of carbonyl (C=O) groups excluding carboxylic acids is 2. The van der Waals surface area contributed by atoms with Crippen molar-refractivity contribution >= 4 is 34.6 Å². The van der Waals surface area contributed by atoms with Crippen molar-refractivity contribution in [1.29, 1.82) is 0 Å². The minimum absolute atomic E-state index is 0.300. The maximum atomic E-state index is 14.5. The van der Waals surface area contributed by atoms with Gasteiger partial charge in [0.25, 0.3) is 23.2 Å². The van der Waals surface area contributed by atoms with Gasteiger partial charge in [-0.05, 0) is 12.1 Å². The highest BCUT2D eigenvalue weighted by Gasteiger charge is 2.32. The number of hydrogen-bond donors (Lipinski definition) is 2. The number of nitrogens with zero attached hydrogens (tertiary/aromatic N) is 2. The highest BCUT2D eigenvalue weighted by atomic mass is 19.2. The maximum absolute atomic E-state index is 14.5. The first-order valence-corrected chi connectivity index (χ1v) is 8.98. The average molecular weight is 478 g/mol. The van der Waals surface area contributed by atoms with Crippen LogP contribution in [0.5, 0.6) is 0 Å². The second kappa shape index (κ2) is 9.32. The normalized spacial score (nSPS) is 10.5. The Morgan fingerprint density at radius 3 is 1.26 bits per heavy atom. The first-order chi connectivity index (χ1) is 16.0. The molecule has 2 amide bonds. The van der Waals surface area contributed by atoms with E-state index in [9.17, 15) is 47.4 Å². The summed E-state index contributed by atoms with van der Waals surface area (Å²) in [4.78, 5) is 44.5. The monoisotopic (exact) mass is 478 g/mol. The molecule has 0 saturated carbocycles. The predicted molar refractivity (Wildman–Crippen MR) is 108 cm³/mol. The lowest BCUT2D eigenvalue weighted by Crippen LogP contribution is -2.23. The molecule has 0 unspecified atom stereocenters. The molecule has 0 aliphatic carbocycles. The number of rotatable bonds is 6. The molecular weight excluding hydrogens is 468 g/mol. The van der Waals surface area contributed by atoms with Gasteiger partial charge in [0.1, 0.15) is 11.1 Å². The molecule has 3 aromatic carbocycles. The molecule has 0 atom stereocenters. The molecule has 0 fully saturated rings. The van der Waals surface area contributed by atoms with Crippen molar-refractivity contribution in [1.82, 2.24) is 0 Å². The second-order valence-corrected chi connectivity index (χ2v) is 6.53. The third-order valence-corrected chi connectivity index (χ3v) is 4.35. The Kier molecular flexibility index (Phi) is 6.51. The number of non-ortho nitro benzene ring substituents is 2. The van der Waals surface area contributed by atoms with Crippen LogP contribution in [0.25, 0.3) is 0 Å². The Morgan fingerprint density at radius 2 is 0.971 bits per heavy atom. The van der Waals surface area contributed by atoms with Crippen LogP contribution in [0.4, 0.5) is 40.3 Å². The van der Waals surface area contributed by atoms with Gasteiger partial charge in [-0.3, -0.25) is 29.8 Å². The highest BCUT2D eigenvalue weighted by molar-refractivity contribution is 6.08. The van der Waals surface area contributed by atoms with E-state index in [0.29, 0.717) is 0 Å². The predicted octanol–water partition coefficient (Wildman–Crippen LogP) is 4.56. The van der Waals surface area contributed by atoms with Gasteiger partial charge >= 0.3 is 0 Å². The van der Waals surface area contributed by atoms with E-state index in [4.69, 9.17) is 0 Å². The van der Waals surface area contributed by atoms with Gasteiger partial charge in [-0.1, -0.05) is 12.1 Å². The minimum Gasteiger partial charge on any atom is -0.322 e. The Morgan fingerprint density at radius 1 is 0.647 bits per heavy atom. The SMILES string of the molecule is O=C(Nc1cccc([N+](=O)[O-])c1)c1c(F)c(F)c(C(=O)Nc2cccc([N+](=O)[O-])c2)c(F)c1F. The summed E-state index contributed by atoms with van der Waals surface area (Å²) in [5.41, 5.74) is -4.99. The summed E-state index contributed by atoms with van der Waals surface area (Å²) in [5, 5.41) is 25.3. The molecule has 2 N–H and O–H groups in total. The summed E-state index contributed by atoms with van der Waals surface area (Å²) < 4.78 is 58.1. The molecule has 0 spiro atoms. The van der Waals surface area contributed by atoms with Crippen LogP contribution in [0.1, 0.15) is 20.7 Å². The number of amides is 2. The minimum atomic E-state index is -2.20. The summed E-state index contributed by atoms with van der Waals surface area (Å²) >= 11 is 0. The van der Waals surface area contributed by atoms with Gasteiger partial charge in [-0.2, -0.15) is 0 Å². The molecular formula is C20H10F4N4O6. The van der Waals surface area contributed by atoms with Crippen LogP contribution in [-0.2, 0) is 0 Å². The van der Waals surface area contributed by atoms with Crippen LogP contribution >= 0.6 is 0 Å². The lowest BCUT2D eigenvalue weighted by atomic mass is 10.1. The summed E-state index contributed by atoms with van der Waals surface area (Å²) in [6, 6.07) is 8.31. The molecule has 3 aromatic rings. The van der Waals surface area contributed by atoms with E-state index in [1.165, 1.54) is 0 Å². The van der Waals surface area contributed by atoms with E-state index in [1.54, 1.807) is 0 Å². The number of hydrogen-bond acceptors (Lipinski definition) is 6. The Balaban J connectivity index is 1.95. The number of nitro groups is 2. The van der Waals surface area contributed by atoms with E-state index in [1.807, 2.05) is 10.6 Å². The first-order valence-electron chi connectivity index (χ1n) is 8.98. The van der Waals surface area contributed by atoms with Gasteiger partial charge in [-0.15, -0.1) is 0 Å². The molecule has 0 heterocycles. The van der Waals surface area contributed by atoms with E-state index >= 15 is 0 Å². The molecule has 10 nitrogen and oxygen atoms in total. The van der Waals surface area contributed by atoms with Gasteiger partial charge in [-0.25, -0.2) is 17.6 Å². The van der Waals surface area contributed by atoms with Crippen LogP contribution in [0.15, 0.2) is 48.5 Å². The van der Waals surface area contributed by atoms with E-state index in [-0.39, 0.29) is 11.4 Å². The fourth-order valence-corrected chi connectivity index (χ4v) is 2.81. The number of halogens is 4. The van der Waals surface area contributed by atoms with Crippen LogP contribution in [0.2, 0.25) is 0 Å². The third kappa shape index (κ3) is 4.64. The average Bonchev–Trinajstić information content (AvgIpc) is 2.78. The Bertz CT molecular complexity index is 1230. The number of carbonyl (C=O) groups is 2. The zero-order chi connectivity index (χ0) is 25.2. The fourth-order valence-electron chi connectivity index (χ4n) is 2.81. The molecule has 0 bridgehead atoms. The number of anilines is 2. The van der Waals surface area contributed by atoms with Crippen LogP contribution in [0.3, 0.4) is 0 Å². The summed E-state index contributed by atoms with van der Waals surface area (Å²) in [6.45, 7) is 0. The van der Waals surface area contributed by atoms with Crippen molar-refractivity contribution in [2.75, 3.05) is 10.6 Å². The molecule has 0 aliphatic rings. The quantitative estimate of drug-likeness (QED) is 0.230. The van der Waals surface area contributed by atoms with E-state index < -0.39 is 67.4 Å². The fraction of sp³-hybridized carbons (Fsp3) is 0. The summed E-state index contributed by atoms with van der Waals surface area (Å²) in [5.74, 6) is -12.2. The molecule has 3 rings (SSSR count). The van der Waals surface area contributed by atoms with Crippen molar-refractivity contribution in [3.8, 4) is 0 Å². The number of nitrogens with one attached hydrogen (secondary N) is 2. The molecule has 14 heteroatoms. The van der Waals surface area contributed by atoms with Crippen molar-refractivity contribution in [3.63, 3.8) is 0 Å². The van der Waals surface area contributed by atoms with Gasteiger partial charge < -0.3 is 10.6 Å². The van der Waals surface area contributed by atoms with Crippen LogP contribution in [0, 0.1) is 43.5 Å². The zero-order valence-corrected chi connectivity index (χ0v) is 16.5. The molecule has 0 aromatic heterocycles. The third-order valence-electron chi connectivity index (χ3n) is 4.35. The lowest BCUT2D eigenvalue weighted by Gasteiger charge is -2.12. The lowest BCUT2D eigenvalue weighted by molar-refractivity contribution is -0.385. The van der Waals surface area contributed by atoms with Crippen molar-refractivity contribution in [2.24, 2.45) is 0 Å². The summed E-state index contributed by atoms with van der Waals surface area (Å²) in [6.07, 6.45) is 0. The van der Waals surface area contributed by atoms with Crippen molar-refractivity contribution in [2.45, 2.75) is 0 Å². The number of benzene rings is 3. The molecule has 0 saturated heterocycles. The zero-order valence-electron chi connectivity index (χ0n) is 16.5. The van der Waals surface area contributed by atoms with Crippen molar-refractivity contribution < 1.29 is 37.0 Å². The van der Waals surface area contributed by atoms with Gasteiger partial charge in [0.2, 0.25) is 0 Å². The first kappa shape index (κ1) is 23.8. The molecule has 0 aliphatic heterocycles. The van der Waals surface area contributed by atoms with E-state index in [0.717, 1.165) is 48.5 Å². The maximum Gasteiger partial charge on any atom is 0.271 e. The summed E-state index contributed by atoms with van der Waals surface area (Å²) in [7, 11) is 0. The van der Waals surface area contributed by atoms with E-state index in [2.05, 4.69) is 0 Å². The Hall–Kier alpha value is -4.88. The topological polar surface area (TPSA) is 144 Å². The standard InChI is InChI=1S/C20H10F4N4O6/c21-15-13(19(29)25-9-3-1-5-11(7-9)27(31)32)16(22)18(24)14(17(15)23)20(30)26-10-4-2-6-12(8-10)28(33)34/h1-8H,(H,25,29)(H,26,30). The molecule has 34 heavy (non-hydrogen) atoms. The van der Waals surface area contributed by atoms with Crippen molar-refractivity contribution in [3.05, 3.63) is 103 Å². The Labute approximate surface area is 186 Å². The van der Waals surface area contributed by atoms with Gasteiger partial charge in [0.15, 0.2) is 23.3 Å². The largest absolute Gasteiger partial charge is 0.322 e. The van der Waals surface area contributed by atoms with Crippen LogP contribution in [-0.4, -0.2) is 21.7 Å². The van der Waals surface area contributed by atoms with Gasteiger partial charge in [0.05, 0.1) is 9.85 Å². The molecule has 0 radical (unpaired) electrons. The second-order valence-electron chi connectivity index (χ2n) is 6.53. The highest BCUT2D eigenvalue weighted by Crippen LogP contribution is 2.27. The number of nitro benzene ring substituents is 2. The molecule has 174 valence electrons. The smallest absolute Gasteiger partial charge is 0.271 e.